The minimum Gasteiger partial charge on any atom is -0.330 e. The van der Waals surface area contributed by atoms with Crippen molar-refractivity contribution in [3.63, 3.8) is 0 Å². The normalized spacial score (nSPS) is 38.4. The summed E-state index contributed by atoms with van der Waals surface area (Å²) < 4.78 is 25.4. The predicted molar refractivity (Wildman–Crippen MR) is 71.0 cm³/mol. The lowest BCUT2D eigenvalue weighted by molar-refractivity contribution is -0.932. The van der Waals surface area contributed by atoms with Crippen LogP contribution < -0.4 is 4.90 Å². The van der Waals surface area contributed by atoms with E-state index in [1.54, 1.807) is 16.1 Å². The van der Waals surface area contributed by atoms with Gasteiger partial charge in [0.1, 0.15) is 0 Å². The van der Waals surface area contributed by atoms with E-state index in [9.17, 15) is 8.42 Å². The highest BCUT2D eigenvalue weighted by Crippen LogP contribution is 2.43. The summed E-state index contributed by atoms with van der Waals surface area (Å²) in [5.74, 6) is 2.18. The lowest BCUT2D eigenvalue weighted by Gasteiger charge is -2.37. The Bertz CT molecular complexity index is 401. The summed E-state index contributed by atoms with van der Waals surface area (Å²) in [6, 6.07) is 0.843. The summed E-state index contributed by atoms with van der Waals surface area (Å²) in [4.78, 5) is 1.68. The zero-order chi connectivity index (χ0) is 12.8. The summed E-state index contributed by atoms with van der Waals surface area (Å²) in [5.41, 5.74) is 0. The van der Waals surface area contributed by atoms with Crippen molar-refractivity contribution in [3.05, 3.63) is 0 Å². The molecule has 3 fully saturated rings. The van der Waals surface area contributed by atoms with Gasteiger partial charge in [-0.05, 0) is 32.1 Å². The maximum Gasteiger partial charge on any atom is 0.214 e. The SMILES string of the molecule is CCS(=O)(=O)N1CC[NH+]([C@@H]2C[C@H]3CC[C@H]2C3)CC1. The van der Waals surface area contributed by atoms with Crippen LogP contribution >= 0.6 is 0 Å². The molecule has 3 rings (SSSR count). The number of nitrogens with one attached hydrogen (secondary N) is 1. The summed E-state index contributed by atoms with van der Waals surface area (Å²) >= 11 is 0. The van der Waals surface area contributed by atoms with Crippen molar-refractivity contribution >= 4 is 10.0 Å². The summed E-state index contributed by atoms with van der Waals surface area (Å²) in [6.07, 6.45) is 5.73. The molecule has 0 radical (unpaired) electrons. The quantitative estimate of drug-likeness (QED) is 0.769. The molecular formula is C13H25N2O2S+. The molecule has 18 heavy (non-hydrogen) atoms. The van der Waals surface area contributed by atoms with Crippen molar-refractivity contribution in [2.24, 2.45) is 11.8 Å². The number of fused-ring (bicyclic) bond motifs is 2. The van der Waals surface area contributed by atoms with Crippen molar-refractivity contribution < 1.29 is 13.3 Å². The Morgan fingerprint density at radius 1 is 1.17 bits per heavy atom. The molecule has 0 spiro atoms. The van der Waals surface area contributed by atoms with E-state index in [0.717, 1.165) is 44.1 Å². The zero-order valence-corrected chi connectivity index (χ0v) is 12.1. The molecule has 0 amide bonds. The topological polar surface area (TPSA) is 41.8 Å². The predicted octanol–water partition coefficient (Wildman–Crippen LogP) is -0.275. The van der Waals surface area contributed by atoms with Gasteiger partial charge in [0.25, 0.3) is 0 Å². The van der Waals surface area contributed by atoms with Crippen molar-refractivity contribution in [1.29, 1.82) is 0 Å². The zero-order valence-electron chi connectivity index (χ0n) is 11.3. The van der Waals surface area contributed by atoms with Gasteiger partial charge in [-0.3, -0.25) is 0 Å². The van der Waals surface area contributed by atoms with Crippen LogP contribution in [0.2, 0.25) is 0 Å². The fourth-order valence-corrected chi connectivity index (χ4v) is 5.45. The highest BCUT2D eigenvalue weighted by atomic mass is 32.2. The van der Waals surface area contributed by atoms with Crippen molar-refractivity contribution in [2.75, 3.05) is 31.9 Å². The number of hydrogen-bond acceptors (Lipinski definition) is 2. The van der Waals surface area contributed by atoms with Gasteiger partial charge in [-0.2, -0.15) is 4.31 Å². The summed E-state index contributed by atoms with van der Waals surface area (Å²) in [6.45, 7) is 5.25. The van der Waals surface area contributed by atoms with Crippen molar-refractivity contribution in [1.82, 2.24) is 4.31 Å². The molecule has 0 aromatic rings. The minimum atomic E-state index is -2.96. The van der Waals surface area contributed by atoms with Crippen molar-refractivity contribution in [3.8, 4) is 0 Å². The molecule has 1 saturated heterocycles. The molecule has 0 aromatic heterocycles. The maximum atomic E-state index is 11.8. The molecule has 1 heterocycles. The van der Waals surface area contributed by atoms with Crippen LogP contribution in [0.5, 0.6) is 0 Å². The summed E-state index contributed by atoms with van der Waals surface area (Å²) in [5, 5.41) is 0. The molecule has 2 saturated carbocycles. The second-order valence-electron chi connectivity index (χ2n) is 6.24. The Hall–Kier alpha value is -0.130. The van der Waals surface area contributed by atoms with Crippen LogP contribution in [-0.2, 0) is 10.0 Å². The van der Waals surface area contributed by atoms with Crippen LogP contribution in [0.4, 0.5) is 0 Å². The minimum absolute atomic E-state index is 0.246. The van der Waals surface area contributed by atoms with E-state index < -0.39 is 10.0 Å². The molecule has 0 unspecified atom stereocenters. The fraction of sp³-hybridized carbons (Fsp3) is 1.00. The van der Waals surface area contributed by atoms with Gasteiger partial charge in [0, 0.05) is 12.3 Å². The maximum absolute atomic E-state index is 11.8. The van der Waals surface area contributed by atoms with E-state index in [-0.39, 0.29) is 5.75 Å². The average Bonchev–Trinajstić information content (AvgIpc) is 3.01. The smallest absolute Gasteiger partial charge is 0.214 e. The first-order valence-corrected chi connectivity index (χ1v) is 9.03. The standard InChI is InChI=1S/C13H24N2O2S/c1-2-18(16,17)15-7-5-14(6-8-15)13-10-11-3-4-12(13)9-11/h11-13H,2-10H2,1H3/p+1/t11-,12-,13+/m0/s1. The van der Waals surface area contributed by atoms with Gasteiger partial charge in [0.15, 0.2) is 0 Å². The number of sulfonamides is 1. The molecular weight excluding hydrogens is 248 g/mol. The number of nitrogens with zero attached hydrogens (tertiary/aromatic N) is 1. The largest absolute Gasteiger partial charge is 0.330 e. The number of piperazine rings is 1. The Balaban J connectivity index is 1.58. The Morgan fingerprint density at radius 2 is 1.89 bits per heavy atom. The van der Waals surface area contributed by atoms with Gasteiger partial charge in [-0.15, -0.1) is 0 Å². The molecule has 2 bridgehead atoms. The second kappa shape index (κ2) is 4.76. The molecule has 1 N–H and O–H groups in total. The van der Waals surface area contributed by atoms with E-state index in [1.807, 2.05) is 0 Å². The Labute approximate surface area is 110 Å². The second-order valence-corrected chi connectivity index (χ2v) is 8.50. The van der Waals surface area contributed by atoms with Crippen LogP contribution in [0.1, 0.15) is 32.6 Å². The fourth-order valence-electron chi connectivity index (χ4n) is 4.35. The Morgan fingerprint density at radius 3 is 2.39 bits per heavy atom. The third-order valence-electron chi connectivity index (χ3n) is 5.39. The lowest BCUT2D eigenvalue weighted by Crippen LogP contribution is -3.18. The van der Waals surface area contributed by atoms with E-state index >= 15 is 0 Å². The van der Waals surface area contributed by atoms with Crippen LogP contribution in [0.25, 0.3) is 0 Å². The molecule has 1 aliphatic heterocycles. The average molecular weight is 273 g/mol. The number of quaternary nitrogens is 1. The molecule has 104 valence electrons. The van der Waals surface area contributed by atoms with Gasteiger partial charge in [-0.1, -0.05) is 0 Å². The van der Waals surface area contributed by atoms with Crippen molar-refractivity contribution in [2.45, 2.75) is 38.6 Å². The monoisotopic (exact) mass is 273 g/mol. The third-order valence-corrected chi connectivity index (χ3v) is 7.27. The summed E-state index contributed by atoms with van der Waals surface area (Å²) in [7, 11) is -2.96. The van der Waals surface area contributed by atoms with Crippen LogP contribution in [-0.4, -0.2) is 50.7 Å². The van der Waals surface area contributed by atoms with Gasteiger partial charge >= 0.3 is 0 Å². The molecule has 3 atom stereocenters. The highest BCUT2D eigenvalue weighted by Gasteiger charge is 2.46. The van der Waals surface area contributed by atoms with Crippen LogP contribution in [0, 0.1) is 11.8 Å². The van der Waals surface area contributed by atoms with Gasteiger partial charge in [0.05, 0.1) is 38.0 Å². The molecule has 2 aliphatic carbocycles. The molecule has 4 nitrogen and oxygen atoms in total. The van der Waals surface area contributed by atoms with Crippen LogP contribution in [0.15, 0.2) is 0 Å². The number of rotatable bonds is 3. The van der Waals surface area contributed by atoms with E-state index in [1.165, 1.54) is 25.7 Å². The van der Waals surface area contributed by atoms with E-state index in [0.29, 0.717) is 0 Å². The first-order valence-electron chi connectivity index (χ1n) is 7.42. The lowest BCUT2D eigenvalue weighted by atomic mass is 9.93. The van der Waals surface area contributed by atoms with Gasteiger partial charge < -0.3 is 4.90 Å². The first kappa shape index (κ1) is 12.9. The van der Waals surface area contributed by atoms with E-state index in [2.05, 4.69) is 0 Å². The molecule has 5 heteroatoms. The number of hydrogen-bond donors (Lipinski definition) is 1. The first-order chi connectivity index (χ1) is 8.60. The molecule has 3 aliphatic rings. The Kier molecular flexibility index (Phi) is 3.41. The van der Waals surface area contributed by atoms with E-state index in [4.69, 9.17) is 0 Å². The third kappa shape index (κ3) is 2.21. The highest BCUT2D eigenvalue weighted by molar-refractivity contribution is 7.89. The van der Waals surface area contributed by atoms with Crippen LogP contribution in [0.3, 0.4) is 0 Å². The van der Waals surface area contributed by atoms with Gasteiger partial charge in [0.2, 0.25) is 10.0 Å². The molecule has 0 aromatic carbocycles. The van der Waals surface area contributed by atoms with Gasteiger partial charge in [-0.25, -0.2) is 8.42 Å².